The summed E-state index contributed by atoms with van der Waals surface area (Å²) in [5.41, 5.74) is 10.6. The molecule has 1 heterocycles. The number of carbonyl (C=O) groups excluding carboxylic acids is 5. The van der Waals surface area contributed by atoms with E-state index in [9.17, 15) is 38.7 Å². The van der Waals surface area contributed by atoms with E-state index in [4.69, 9.17) is 20.6 Å². The molecular formula is C34H50N8O10. The molecule has 0 aliphatic rings. The van der Waals surface area contributed by atoms with E-state index in [1.54, 1.807) is 53.7 Å². The first kappa shape index (κ1) is 42.5. The molecule has 0 unspecified atom stereocenters. The zero-order chi connectivity index (χ0) is 39.2. The number of nitrogens with one attached hydrogen (secondary N) is 5. The zero-order valence-electron chi connectivity index (χ0n) is 30.3. The van der Waals surface area contributed by atoms with Crippen LogP contribution < -0.4 is 43.7 Å². The minimum absolute atomic E-state index is 0.0863. The van der Waals surface area contributed by atoms with Crippen molar-refractivity contribution in [2.75, 3.05) is 18.4 Å². The van der Waals surface area contributed by atoms with Crippen LogP contribution in [0.4, 0.5) is 10.5 Å². The molecule has 2 aromatic rings. The standard InChI is InChI=1S/C34H50N8O10/c1-7-18(2)28(42-33(50)52-34(4,5)6)31(49)41-23(12-13-26(44)45)29(47)38-17-25(43)40-22(9-8-14-37-32(35)36)30(48)39-20-10-11-21-19(3)15-27(46)51-24(21)16-20/h10-11,15-16,18,22-23,28H,7-9,12-14,17H2,1-6H3,(H,38,47)(H,39,48)(H,40,43)(H,41,49)(H,42,50)(H,44,45)(H4,35,36,37)/t18-,22-,23-,28-/m0/s1. The molecule has 0 saturated carbocycles. The second-order valence-electron chi connectivity index (χ2n) is 13.2. The average Bonchev–Trinajstić information content (AvgIpc) is 3.03. The largest absolute Gasteiger partial charge is 0.481 e. The molecule has 5 amide bonds. The summed E-state index contributed by atoms with van der Waals surface area (Å²) in [6.07, 6.45) is -0.827. The number of fused-ring (bicyclic) bond motifs is 1. The second-order valence-corrected chi connectivity index (χ2v) is 13.2. The van der Waals surface area contributed by atoms with Gasteiger partial charge < -0.3 is 52.3 Å². The summed E-state index contributed by atoms with van der Waals surface area (Å²) in [5, 5.41) is 22.5. The maximum absolute atomic E-state index is 13.3. The first-order chi connectivity index (χ1) is 24.3. The van der Waals surface area contributed by atoms with Crippen LogP contribution in [0.25, 0.3) is 11.0 Å². The molecule has 0 saturated heterocycles. The number of rotatable bonds is 18. The fourth-order valence-electron chi connectivity index (χ4n) is 4.87. The van der Waals surface area contributed by atoms with Gasteiger partial charge in [0.05, 0.1) is 6.54 Å². The zero-order valence-corrected chi connectivity index (χ0v) is 30.3. The predicted octanol–water partition coefficient (Wildman–Crippen LogP) is 0.984. The van der Waals surface area contributed by atoms with Gasteiger partial charge in [-0.1, -0.05) is 20.3 Å². The number of carbonyl (C=O) groups is 6. The Bertz CT molecular complexity index is 1700. The number of anilines is 1. The molecule has 0 bridgehead atoms. The monoisotopic (exact) mass is 730 g/mol. The van der Waals surface area contributed by atoms with Crippen LogP contribution in [-0.4, -0.2) is 83.6 Å². The van der Waals surface area contributed by atoms with Crippen molar-refractivity contribution in [3.8, 4) is 0 Å². The molecule has 0 aliphatic carbocycles. The highest BCUT2D eigenvalue weighted by molar-refractivity contribution is 5.99. The maximum atomic E-state index is 13.3. The quantitative estimate of drug-likeness (QED) is 0.0461. The number of carboxylic acids is 1. The number of aliphatic carboxylic acids is 1. The Labute approximate surface area is 300 Å². The van der Waals surface area contributed by atoms with Gasteiger partial charge in [0.1, 0.15) is 29.3 Å². The lowest BCUT2D eigenvalue weighted by Gasteiger charge is -2.28. The molecule has 0 radical (unpaired) electrons. The van der Waals surface area contributed by atoms with Crippen LogP contribution in [0.2, 0.25) is 0 Å². The summed E-state index contributed by atoms with van der Waals surface area (Å²) >= 11 is 0. The number of amides is 5. The Morgan fingerprint density at radius 1 is 0.962 bits per heavy atom. The van der Waals surface area contributed by atoms with Crippen molar-refractivity contribution in [3.05, 3.63) is 40.2 Å². The smallest absolute Gasteiger partial charge is 0.408 e. The highest BCUT2D eigenvalue weighted by Gasteiger charge is 2.32. The molecule has 2 rings (SSSR count). The van der Waals surface area contributed by atoms with Crippen LogP contribution in [0.15, 0.2) is 38.5 Å². The number of aryl methyl sites for hydroxylation is 1. The number of hydrogen-bond donors (Lipinski definition) is 8. The van der Waals surface area contributed by atoms with Crippen LogP contribution in [0.3, 0.4) is 0 Å². The Kier molecular flexibility index (Phi) is 16.0. The summed E-state index contributed by atoms with van der Waals surface area (Å²) in [6.45, 7) is 9.73. The summed E-state index contributed by atoms with van der Waals surface area (Å²) in [5.74, 6) is -4.80. The average molecular weight is 731 g/mol. The van der Waals surface area contributed by atoms with Crippen LogP contribution in [0.1, 0.15) is 72.3 Å². The van der Waals surface area contributed by atoms with E-state index < -0.39 is 83.9 Å². The summed E-state index contributed by atoms with van der Waals surface area (Å²) in [4.78, 5) is 92.4. The number of benzene rings is 1. The normalized spacial score (nSPS) is 13.4. The Morgan fingerprint density at radius 3 is 2.25 bits per heavy atom. The number of carboxylic acid groups (broad SMARTS) is 1. The van der Waals surface area contributed by atoms with E-state index in [2.05, 4.69) is 31.6 Å². The van der Waals surface area contributed by atoms with E-state index in [0.717, 1.165) is 0 Å². The van der Waals surface area contributed by atoms with Crippen molar-refractivity contribution in [1.29, 1.82) is 0 Å². The van der Waals surface area contributed by atoms with Gasteiger partial charge in [-0.3, -0.25) is 29.0 Å². The molecule has 1 aromatic heterocycles. The molecule has 4 atom stereocenters. The van der Waals surface area contributed by atoms with Gasteiger partial charge in [-0.05, 0) is 70.6 Å². The number of guanidine groups is 1. The van der Waals surface area contributed by atoms with Gasteiger partial charge in [0.2, 0.25) is 23.6 Å². The molecule has 0 fully saturated rings. The number of nitrogens with zero attached hydrogens (tertiary/aromatic N) is 1. The van der Waals surface area contributed by atoms with Crippen molar-refractivity contribution in [1.82, 2.24) is 21.3 Å². The number of alkyl carbamates (subject to hydrolysis) is 1. The molecule has 0 aliphatic heterocycles. The first-order valence-electron chi connectivity index (χ1n) is 16.8. The van der Waals surface area contributed by atoms with Gasteiger partial charge in [-0.2, -0.15) is 0 Å². The fourth-order valence-corrected chi connectivity index (χ4v) is 4.87. The number of hydrogen-bond acceptors (Lipinski definition) is 10. The molecule has 52 heavy (non-hydrogen) atoms. The summed E-state index contributed by atoms with van der Waals surface area (Å²) in [7, 11) is 0. The molecular weight excluding hydrogens is 680 g/mol. The molecule has 18 nitrogen and oxygen atoms in total. The first-order valence-corrected chi connectivity index (χ1v) is 16.8. The second kappa shape index (κ2) is 19.6. The number of aliphatic imine (C=N–C) groups is 1. The van der Waals surface area contributed by atoms with Gasteiger partial charge in [0, 0.05) is 36.2 Å². The van der Waals surface area contributed by atoms with Crippen LogP contribution >= 0.6 is 0 Å². The van der Waals surface area contributed by atoms with Gasteiger partial charge >= 0.3 is 17.7 Å². The number of ether oxygens (including phenoxy) is 1. The van der Waals surface area contributed by atoms with E-state index in [0.29, 0.717) is 17.4 Å². The molecule has 10 N–H and O–H groups in total. The topological polar surface area (TPSA) is 287 Å². The van der Waals surface area contributed by atoms with Crippen molar-refractivity contribution in [3.63, 3.8) is 0 Å². The third-order valence-corrected chi connectivity index (χ3v) is 7.69. The van der Waals surface area contributed by atoms with Crippen molar-refractivity contribution in [2.24, 2.45) is 22.4 Å². The lowest BCUT2D eigenvalue weighted by atomic mass is 9.97. The SMILES string of the molecule is CC[C@H](C)[C@H](NC(=O)OC(C)(C)C)C(=O)N[C@@H](CCC(=O)O)C(=O)NCC(=O)N[C@@H](CCCN=C(N)N)C(=O)Nc1ccc2c(C)cc(=O)oc2c1. The maximum Gasteiger partial charge on any atom is 0.408 e. The van der Waals surface area contributed by atoms with Crippen LogP contribution in [-0.2, 0) is 28.7 Å². The van der Waals surface area contributed by atoms with Gasteiger partial charge in [0.25, 0.3) is 0 Å². The van der Waals surface area contributed by atoms with Crippen molar-refractivity contribution in [2.45, 2.75) is 97.4 Å². The fraction of sp³-hybridized carbons (Fsp3) is 0.529. The number of nitrogens with two attached hydrogens (primary N) is 2. The summed E-state index contributed by atoms with van der Waals surface area (Å²) < 4.78 is 10.5. The lowest BCUT2D eigenvalue weighted by Crippen LogP contribution is -2.57. The van der Waals surface area contributed by atoms with Crippen molar-refractivity contribution >= 4 is 58.3 Å². The predicted molar refractivity (Wildman–Crippen MR) is 192 cm³/mol. The lowest BCUT2D eigenvalue weighted by molar-refractivity contribution is -0.138. The van der Waals surface area contributed by atoms with E-state index >= 15 is 0 Å². The molecule has 18 heteroatoms. The third kappa shape index (κ3) is 14.7. The van der Waals surface area contributed by atoms with Gasteiger partial charge in [-0.15, -0.1) is 0 Å². The minimum atomic E-state index is -1.39. The molecule has 1 aromatic carbocycles. The minimum Gasteiger partial charge on any atom is -0.481 e. The Balaban J connectivity index is 2.17. The Morgan fingerprint density at radius 2 is 1.63 bits per heavy atom. The Hall–Kier alpha value is -5.68. The molecule has 0 spiro atoms. The van der Waals surface area contributed by atoms with E-state index in [1.807, 2.05) is 0 Å². The third-order valence-electron chi connectivity index (χ3n) is 7.69. The molecule has 286 valence electrons. The van der Waals surface area contributed by atoms with Crippen LogP contribution in [0, 0.1) is 12.8 Å². The van der Waals surface area contributed by atoms with Crippen molar-refractivity contribution < 1.29 is 43.0 Å². The van der Waals surface area contributed by atoms with Gasteiger partial charge in [0.15, 0.2) is 5.96 Å². The van der Waals surface area contributed by atoms with Crippen LogP contribution in [0.5, 0.6) is 0 Å². The van der Waals surface area contributed by atoms with Gasteiger partial charge in [-0.25, -0.2) is 9.59 Å². The van der Waals surface area contributed by atoms with E-state index in [-0.39, 0.29) is 43.0 Å². The summed E-state index contributed by atoms with van der Waals surface area (Å²) in [6, 6.07) is 2.45. The van der Waals surface area contributed by atoms with E-state index in [1.165, 1.54) is 12.1 Å². The highest BCUT2D eigenvalue weighted by Crippen LogP contribution is 2.21. The highest BCUT2D eigenvalue weighted by atomic mass is 16.6.